The van der Waals surface area contributed by atoms with E-state index in [2.05, 4.69) is 17.6 Å². The molecule has 1 saturated carbocycles. The molecule has 1 rings (SSSR count). The molecule has 0 bridgehead atoms. The Morgan fingerprint density at radius 1 is 1.33 bits per heavy atom. The van der Waals surface area contributed by atoms with Gasteiger partial charge >= 0.3 is 0 Å². The van der Waals surface area contributed by atoms with Crippen molar-refractivity contribution in [1.29, 1.82) is 0 Å². The van der Waals surface area contributed by atoms with Crippen LogP contribution in [0.3, 0.4) is 0 Å². The van der Waals surface area contributed by atoms with Crippen molar-refractivity contribution in [3.63, 3.8) is 0 Å². The number of carbonyl (C=O) groups is 1. The van der Waals surface area contributed by atoms with E-state index < -0.39 is 0 Å². The van der Waals surface area contributed by atoms with Crippen LogP contribution < -0.4 is 10.6 Å². The number of amides is 1. The Kier molecular flexibility index (Phi) is 5.69. The molecule has 1 aliphatic rings. The van der Waals surface area contributed by atoms with Crippen molar-refractivity contribution in [3.8, 4) is 0 Å². The average molecular weight is 212 g/mol. The van der Waals surface area contributed by atoms with Crippen LogP contribution >= 0.6 is 0 Å². The maximum absolute atomic E-state index is 11.5. The Balaban J connectivity index is 2.21. The highest BCUT2D eigenvalue weighted by Gasteiger charge is 2.20. The molecule has 1 aliphatic carbocycles. The molecule has 0 radical (unpaired) electrons. The largest absolute Gasteiger partial charge is 0.353 e. The van der Waals surface area contributed by atoms with Crippen molar-refractivity contribution < 1.29 is 4.79 Å². The third-order valence-electron chi connectivity index (χ3n) is 3.35. The van der Waals surface area contributed by atoms with Crippen LogP contribution in [0.25, 0.3) is 0 Å². The smallest absolute Gasteiger partial charge is 0.221 e. The highest BCUT2D eigenvalue weighted by Crippen LogP contribution is 2.26. The molecule has 0 saturated heterocycles. The van der Waals surface area contributed by atoms with Crippen LogP contribution in [0.1, 0.15) is 45.4 Å². The van der Waals surface area contributed by atoms with Crippen LogP contribution in [-0.2, 0) is 4.79 Å². The fourth-order valence-corrected chi connectivity index (χ4v) is 2.32. The predicted octanol–water partition coefficient (Wildman–Crippen LogP) is 1.68. The SMILES string of the molecule is CNCCC(=O)NC(C)C1CCCCC1. The Hall–Kier alpha value is -0.570. The van der Waals surface area contributed by atoms with E-state index in [-0.39, 0.29) is 5.91 Å². The minimum atomic E-state index is 0.183. The molecule has 3 heteroatoms. The van der Waals surface area contributed by atoms with Crippen LogP contribution in [0.5, 0.6) is 0 Å². The zero-order valence-electron chi connectivity index (χ0n) is 10.0. The second-order valence-corrected chi connectivity index (χ2v) is 4.61. The summed E-state index contributed by atoms with van der Waals surface area (Å²) in [6.07, 6.45) is 7.20. The molecule has 15 heavy (non-hydrogen) atoms. The zero-order chi connectivity index (χ0) is 11.1. The van der Waals surface area contributed by atoms with E-state index in [4.69, 9.17) is 0 Å². The van der Waals surface area contributed by atoms with Gasteiger partial charge in [-0.2, -0.15) is 0 Å². The second-order valence-electron chi connectivity index (χ2n) is 4.61. The summed E-state index contributed by atoms with van der Waals surface area (Å²) in [5.41, 5.74) is 0. The molecule has 0 aromatic heterocycles. The summed E-state index contributed by atoms with van der Waals surface area (Å²) in [7, 11) is 1.87. The van der Waals surface area contributed by atoms with Gasteiger partial charge in [-0.15, -0.1) is 0 Å². The molecule has 1 amide bonds. The molecule has 3 nitrogen and oxygen atoms in total. The maximum atomic E-state index is 11.5. The highest BCUT2D eigenvalue weighted by atomic mass is 16.1. The Morgan fingerprint density at radius 2 is 2.00 bits per heavy atom. The standard InChI is InChI=1S/C12H24N2O/c1-10(11-6-4-3-5-7-11)14-12(15)8-9-13-2/h10-11,13H,3-9H2,1-2H3,(H,14,15). The van der Waals surface area contributed by atoms with Crippen molar-refractivity contribution >= 4 is 5.91 Å². The van der Waals surface area contributed by atoms with E-state index in [1.165, 1.54) is 32.1 Å². The minimum absolute atomic E-state index is 0.183. The molecule has 0 aromatic carbocycles. The lowest BCUT2D eigenvalue weighted by Gasteiger charge is -2.28. The van der Waals surface area contributed by atoms with Gasteiger partial charge in [-0.3, -0.25) is 4.79 Å². The van der Waals surface area contributed by atoms with Crippen LogP contribution in [0.4, 0.5) is 0 Å². The number of hydrogen-bond acceptors (Lipinski definition) is 2. The molecular formula is C12H24N2O. The summed E-state index contributed by atoms with van der Waals surface area (Å²) in [4.78, 5) is 11.5. The maximum Gasteiger partial charge on any atom is 0.221 e. The predicted molar refractivity (Wildman–Crippen MR) is 62.7 cm³/mol. The van der Waals surface area contributed by atoms with E-state index in [1.54, 1.807) is 0 Å². The topological polar surface area (TPSA) is 41.1 Å². The fourth-order valence-electron chi connectivity index (χ4n) is 2.32. The van der Waals surface area contributed by atoms with Gasteiger partial charge in [0.2, 0.25) is 5.91 Å². The highest BCUT2D eigenvalue weighted by molar-refractivity contribution is 5.76. The molecule has 0 aromatic rings. The number of carbonyl (C=O) groups excluding carboxylic acids is 1. The summed E-state index contributed by atoms with van der Waals surface area (Å²) in [5.74, 6) is 0.889. The zero-order valence-corrected chi connectivity index (χ0v) is 10.0. The summed E-state index contributed by atoms with van der Waals surface area (Å²) in [6, 6.07) is 0.356. The van der Waals surface area contributed by atoms with Gasteiger partial charge in [0, 0.05) is 19.0 Å². The van der Waals surface area contributed by atoms with Crippen LogP contribution in [0, 0.1) is 5.92 Å². The number of hydrogen-bond donors (Lipinski definition) is 2. The van der Waals surface area contributed by atoms with Crippen LogP contribution in [0.2, 0.25) is 0 Å². The monoisotopic (exact) mass is 212 g/mol. The van der Waals surface area contributed by atoms with Crippen LogP contribution in [-0.4, -0.2) is 25.5 Å². The summed E-state index contributed by atoms with van der Waals surface area (Å²) in [6.45, 7) is 2.91. The molecule has 0 aliphatic heterocycles. The van der Waals surface area contributed by atoms with Crippen molar-refractivity contribution in [2.75, 3.05) is 13.6 Å². The van der Waals surface area contributed by atoms with Crippen molar-refractivity contribution in [2.45, 2.75) is 51.5 Å². The Bertz CT molecular complexity index is 188. The molecule has 1 unspecified atom stereocenters. The van der Waals surface area contributed by atoms with Gasteiger partial charge in [-0.1, -0.05) is 19.3 Å². The molecule has 88 valence electrons. The lowest BCUT2D eigenvalue weighted by Crippen LogP contribution is -2.39. The van der Waals surface area contributed by atoms with Gasteiger partial charge in [-0.05, 0) is 32.7 Å². The first-order valence-corrected chi connectivity index (χ1v) is 6.18. The van der Waals surface area contributed by atoms with E-state index in [1.807, 2.05) is 7.05 Å². The summed E-state index contributed by atoms with van der Waals surface area (Å²) in [5, 5.41) is 6.10. The number of rotatable bonds is 5. The first kappa shape index (κ1) is 12.5. The third kappa shape index (κ3) is 4.65. The fraction of sp³-hybridized carbons (Fsp3) is 0.917. The van der Waals surface area contributed by atoms with Gasteiger partial charge in [0.15, 0.2) is 0 Å². The van der Waals surface area contributed by atoms with E-state index in [9.17, 15) is 4.79 Å². The third-order valence-corrected chi connectivity index (χ3v) is 3.35. The van der Waals surface area contributed by atoms with E-state index >= 15 is 0 Å². The molecule has 2 N–H and O–H groups in total. The van der Waals surface area contributed by atoms with Crippen molar-refractivity contribution in [2.24, 2.45) is 5.92 Å². The lowest BCUT2D eigenvalue weighted by atomic mass is 9.84. The van der Waals surface area contributed by atoms with Gasteiger partial charge in [0.05, 0.1) is 0 Å². The first-order chi connectivity index (χ1) is 7.24. The van der Waals surface area contributed by atoms with Gasteiger partial charge in [0.1, 0.15) is 0 Å². The normalized spacial score (nSPS) is 19.9. The quantitative estimate of drug-likeness (QED) is 0.728. The van der Waals surface area contributed by atoms with Crippen molar-refractivity contribution in [3.05, 3.63) is 0 Å². The summed E-state index contributed by atoms with van der Waals surface area (Å²) >= 11 is 0. The van der Waals surface area contributed by atoms with E-state index in [0.29, 0.717) is 18.4 Å². The molecule has 1 fully saturated rings. The molecule has 0 heterocycles. The lowest BCUT2D eigenvalue weighted by molar-refractivity contribution is -0.122. The molecule has 0 spiro atoms. The second kappa shape index (κ2) is 6.83. The Labute approximate surface area is 93.0 Å². The average Bonchev–Trinajstić information content (AvgIpc) is 2.27. The summed E-state index contributed by atoms with van der Waals surface area (Å²) < 4.78 is 0. The Morgan fingerprint density at radius 3 is 2.60 bits per heavy atom. The van der Waals surface area contributed by atoms with E-state index in [0.717, 1.165) is 6.54 Å². The van der Waals surface area contributed by atoms with Gasteiger partial charge < -0.3 is 10.6 Å². The van der Waals surface area contributed by atoms with Gasteiger partial charge in [0.25, 0.3) is 0 Å². The number of nitrogens with one attached hydrogen (secondary N) is 2. The first-order valence-electron chi connectivity index (χ1n) is 6.18. The van der Waals surface area contributed by atoms with Gasteiger partial charge in [-0.25, -0.2) is 0 Å². The minimum Gasteiger partial charge on any atom is -0.353 e. The van der Waals surface area contributed by atoms with Crippen molar-refractivity contribution in [1.82, 2.24) is 10.6 Å². The molecule has 1 atom stereocenters. The molecular weight excluding hydrogens is 188 g/mol. The van der Waals surface area contributed by atoms with Crippen LogP contribution in [0.15, 0.2) is 0 Å².